The Labute approximate surface area is 115 Å². The third-order valence-electron chi connectivity index (χ3n) is 2.83. The minimum absolute atomic E-state index is 0.106. The van der Waals surface area contributed by atoms with Crippen LogP contribution < -0.4 is 0 Å². The molecule has 0 rings (SSSR count). The standard InChI is InChI=1S/C14H27IO/c1-14(16)12-10-8-6-4-2-3-5-7-9-11-13-15/h11,13-14,16H,2-10,12H2,1H3/b13-11+/t14-/m0/s1. The molecule has 0 saturated carbocycles. The van der Waals surface area contributed by atoms with Crippen LogP contribution >= 0.6 is 22.6 Å². The number of aliphatic hydroxyl groups is 1. The number of aliphatic hydroxyl groups excluding tert-OH is 1. The van der Waals surface area contributed by atoms with Gasteiger partial charge < -0.3 is 5.11 Å². The highest BCUT2D eigenvalue weighted by Crippen LogP contribution is 2.11. The Bertz CT molecular complexity index is 155. The second-order valence-electron chi connectivity index (χ2n) is 4.62. The van der Waals surface area contributed by atoms with Crippen molar-refractivity contribution in [3.63, 3.8) is 0 Å². The van der Waals surface area contributed by atoms with Crippen molar-refractivity contribution in [3.8, 4) is 0 Å². The third kappa shape index (κ3) is 14.4. The summed E-state index contributed by atoms with van der Waals surface area (Å²) >= 11 is 2.28. The van der Waals surface area contributed by atoms with Gasteiger partial charge in [-0.15, -0.1) is 0 Å². The van der Waals surface area contributed by atoms with Crippen molar-refractivity contribution in [3.05, 3.63) is 10.2 Å². The molecule has 0 aromatic heterocycles. The normalized spacial score (nSPS) is 13.4. The molecule has 1 atom stereocenters. The fourth-order valence-corrected chi connectivity index (χ4v) is 2.19. The van der Waals surface area contributed by atoms with E-state index in [1.54, 1.807) is 0 Å². The quantitative estimate of drug-likeness (QED) is 0.405. The summed E-state index contributed by atoms with van der Waals surface area (Å²) in [7, 11) is 0. The Hall–Kier alpha value is 0.430. The molecular weight excluding hydrogens is 311 g/mol. The van der Waals surface area contributed by atoms with E-state index in [4.69, 9.17) is 5.11 Å². The summed E-state index contributed by atoms with van der Waals surface area (Å²) in [5.74, 6) is 0. The van der Waals surface area contributed by atoms with Crippen LogP contribution in [0.25, 0.3) is 0 Å². The lowest BCUT2D eigenvalue weighted by Crippen LogP contribution is -1.98. The van der Waals surface area contributed by atoms with E-state index in [0.29, 0.717) is 0 Å². The number of rotatable bonds is 11. The van der Waals surface area contributed by atoms with E-state index in [1.165, 1.54) is 57.8 Å². The van der Waals surface area contributed by atoms with Crippen molar-refractivity contribution in [2.45, 2.75) is 77.2 Å². The highest BCUT2D eigenvalue weighted by molar-refractivity contribution is 14.1. The molecule has 0 spiro atoms. The number of unbranched alkanes of at least 4 members (excludes halogenated alkanes) is 8. The fraction of sp³-hybridized carbons (Fsp3) is 0.857. The molecule has 0 unspecified atom stereocenters. The maximum absolute atomic E-state index is 9.09. The molecule has 0 heterocycles. The molecule has 0 aliphatic rings. The van der Waals surface area contributed by atoms with Gasteiger partial charge in [-0.05, 0) is 30.3 Å². The zero-order valence-corrected chi connectivity index (χ0v) is 12.8. The Morgan fingerprint density at radius 2 is 1.44 bits per heavy atom. The largest absolute Gasteiger partial charge is 0.393 e. The summed E-state index contributed by atoms with van der Waals surface area (Å²) in [5.41, 5.74) is 0. The summed E-state index contributed by atoms with van der Waals surface area (Å²) < 4.78 is 2.11. The van der Waals surface area contributed by atoms with Crippen molar-refractivity contribution in [2.75, 3.05) is 0 Å². The molecule has 0 aliphatic heterocycles. The van der Waals surface area contributed by atoms with Crippen LogP contribution in [-0.2, 0) is 0 Å². The first-order valence-electron chi connectivity index (χ1n) is 6.70. The van der Waals surface area contributed by atoms with Gasteiger partial charge in [0, 0.05) is 0 Å². The first kappa shape index (κ1) is 16.4. The van der Waals surface area contributed by atoms with Crippen LogP contribution in [0.15, 0.2) is 10.2 Å². The molecule has 1 nitrogen and oxygen atoms in total. The highest BCUT2D eigenvalue weighted by atomic mass is 127. The van der Waals surface area contributed by atoms with Crippen molar-refractivity contribution >= 4 is 22.6 Å². The van der Waals surface area contributed by atoms with Crippen LogP contribution in [0, 0.1) is 0 Å². The zero-order valence-electron chi connectivity index (χ0n) is 10.6. The van der Waals surface area contributed by atoms with Crippen LogP contribution in [0.2, 0.25) is 0 Å². The SMILES string of the molecule is C[C@H](O)CCCCCCCCCC/C=C/I. The van der Waals surface area contributed by atoms with Gasteiger partial charge in [-0.25, -0.2) is 0 Å². The van der Waals surface area contributed by atoms with E-state index in [-0.39, 0.29) is 6.10 Å². The van der Waals surface area contributed by atoms with Crippen LogP contribution in [-0.4, -0.2) is 11.2 Å². The minimum atomic E-state index is -0.106. The molecule has 16 heavy (non-hydrogen) atoms. The molecule has 1 N–H and O–H groups in total. The highest BCUT2D eigenvalue weighted by Gasteiger charge is 1.95. The Balaban J connectivity index is 2.93. The predicted octanol–water partition coefficient (Wildman–Crippen LogP) is 5.22. The molecule has 0 aliphatic carbocycles. The first-order chi connectivity index (χ1) is 7.77. The van der Waals surface area contributed by atoms with Gasteiger partial charge in [-0.2, -0.15) is 0 Å². The number of hydrogen-bond acceptors (Lipinski definition) is 1. The molecular formula is C14H27IO. The van der Waals surface area contributed by atoms with Crippen molar-refractivity contribution in [1.29, 1.82) is 0 Å². The van der Waals surface area contributed by atoms with Gasteiger partial charge in [0.1, 0.15) is 0 Å². The molecule has 0 aromatic rings. The minimum Gasteiger partial charge on any atom is -0.393 e. The van der Waals surface area contributed by atoms with Gasteiger partial charge in [0.25, 0.3) is 0 Å². The van der Waals surface area contributed by atoms with Gasteiger partial charge in [-0.1, -0.05) is 73.6 Å². The number of hydrogen-bond donors (Lipinski definition) is 1. The molecule has 0 fully saturated rings. The topological polar surface area (TPSA) is 20.2 Å². The first-order valence-corrected chi connectivity index (χ1v) is 7.95. The second-order valence-corrected chi connectivity index (χ2v) is 5.34. The van der Waals surface area contributed by atoms with Gasteiger partial charge in [0.15, 0.2) is 0 Å². The van der Waals surface area contributed by atoms with Crippen molar-refractivity contribution < 1.29 is 5.11 Å². The van der Waals surface area contributed by atoms with Crippen molar-refractivity contribution in [1.82, 2.24) is 0 Å². The van der Waals surface area contributed by atoms with Crippen LogP contribution in [0.4, 0.5) is 0 Å². The van der Waals surface area contributed by atoms with Gasteiger partial charge >= 0.3 is 0 Å². The van der Waals surface area contributed by atoms with E-state index in [1.807, 2.05) is 6.92 Å². The third-order valence-corrected chi connectivity index (χ3v) is 3.34. The Kier molecular flexibility index (Phi) is 13.9. The monoisotopic (exact) mass is 338 g/mol. The molecule has 0 amide bonds. The summed E-state index contributed by atoms with van der Waals surface area (Å²) in [4.78, 5) is 0. The Morgan fingerprint density at radius 3 is 1.94 bits per heavy atom. The lowest BCUT2D eigenvalue weighted by Gasteiger charge is -2.03. The zero-order chi connectivity index (χ0) is 12.1. The van der Waals surface area contributed by atoms with Crippen LogP contribution in [0.1, 0.15) is 71.1 Å². The molecule has 0 radical (unpaired) electrons. The molecule has 0 saturated heterocycles. The maximum Gasteiger partial charge on any atom is 0.0512 e. The fourth-order valence-electron chi connectivity index (χ4n) is 1.83. The number of allylic oxidation sites excluding steroid dienone is 1. The van der Waals surface area contributed by atoms with E-state index >= 15 is 0 Å². The molecule has 2 heteroatoms. The second kappa shape index (κ2) is 13.5. The number of halogens is 1. The van der Waals surface area contributed by atoms with Crippen molar-refractivity contribution in [2.24, 2.45) is 0 Å². The summed E-state index contributed by atoms with van der Waals surface area (Å²) in [6.45, 7) is 1.88. The van der Waals surface area contributed by atoms with Gasteiger partial charge in [0.05, 0.1) is 6.10 Å². The van der Waals surface area contributed by atoms with Crippen LogP contribution in [0.3, 0.4) is 0 Å². The van der Waals surface area contributed by atoms with Crippen LogP contribution in [0.5, 0.6) is 0 Å². The molecule has 0 aromatic carbocycles. The van der Waals surface area contributed by atoms with E-state index in [0.717, 1.165) is 6.42 Å². The molecule has 96 valence electrons. The van der Waals surface area contributed by atoms with E-state index < -0.39 is 0 Å². The lowest BCUT2D eigenvalue weighted by molar-refractivity contribution is 0.180. The van der Waals surface area contributed by atoms with E-state index in [9.17, 15) is 0 Å². The average Bonchev–Trinajstić information content (AvgIpc) is 2.25. The predicted molar refractivity (Wildman–Crippen MR) is 81.0 cm³/mol. The summed E-state index contributed by atoms with van der Waals surface area (Å²) in [6, 6.07) is 0. The lowest BCUT2D eigenvalue weighted by atomic mass is 10.1. The summed E-state index contributed by atoms with van der Waals surface area (Å²) in [5, 5.41) is 9.09. The Morgan fingerprint density at radius 1 is 0.938 bits per heavy atom. The molecule has 0 bridgehead atoms. The van der Waals surface area contributed by atoms with Gasteiger partial charge in [-0.3, -0.25) is 0 Å². The van der Waals surface area contributed by atoms with E-state index in [2.05, 4.69) is 32.7 Å². The summed E-state index contributed by atoms with van der Waals surface area (Å²) in [6.07, 6.45) is 15.1. The van der Waals surface area contributed by atoms with Gasteiger partial charge in [0.2, 0.25) is 0 Å². The average molecular weight is 338 g/mol. The smallest absolute Gasteiger partial charge is 0.0512 e. The maximum atomic E-state index is 9.09.